The van der Waals surface area contributed by atoms with E-state index in [1.807, 2.05) is 6.26 Å². The summed E-state index contributed by atoms with van der Waals surface area (Å²) in [6.07, 6.45) is 6.26. The van der Waals surface area contributed by atoms with Crippen LogP contribution >= 0.6 is 24.0 Å². The quantitative estimate of drug-likeness (QED) is 0.609. The van der Waals surface area contributed by atoms with Crippen LogP contribution in [0.15, 0.2) is 0 Å². The molecule has 0 saturated carbocycles. The summed E-state index contributed by atoms with van der Waals surface area (Å²) in [6.45, 7) is 6.22. The van der Waals surface area contributed by atoms with Crippen LogP contribution in [0.4, 0.5) is 0 Å². The molecule has 0 aliphatic heterocycles. The van der Waals surface area contributed by atoms with Gasteiger partial charge >= 0.3 is 0 Å². The SMILES string of the molecule is CCCC(CCC)(C(=O)NC(CC)CSC)C(N)=S. The molecular formula is C14H28N2OS2. The Morgan fingerprint density at radius 1 is 1.32 bits per heavy atom. The third kappa shape index (κ3) is 5.30. The fraction of sp³-hybridized carbons (Fsp3) is 0.857. The fourth-order valence-electron chi connectivity index (χ4n) is 2.35. The molecule has 0 aliphatic carbocycles. The van der Waals surface area contributed by atoms with E-state index < -0.39 is 5.41 Å². The molecule has 0 saturated heterocycles. The Balaban J connectivity index is 5.02. The third-order valence-corrected chi connectivity index (χ3v) is 4.58. The Bertz CT molecular complexity index is 289. The summed E-state index contributed by atoms with van der Waals surface area (Å²) in [4.78, 5) is 13.0. The molecule has 3 nitrogen and oxygen atoms in total. The van der Waals surface area contributed by atoms with Gasteiger partial charge in [-0.1, -0.05) is 45.8 Å². The van der Waals surface area contributed by atoms with E-state index in [9.17, 15) is 4.79 Å². The summed E-state index contributed by atoms with van der Waals surface area (Å²) in [7, 11) is 0. The predicted molar refractivity (Wildman–Crippen MR) is 89.6 cm³/mol. The standard InChI is InChI=1S/C14H28N2OS2/c1-5-8-14(9-6-2,12(15)18)13(17)16-11(7-3)10-19-4/h11H,5-10H2,1-4H3,(H2,15,18)(H,16,17). The Labute approximate surface area is 127 Å². The lowest BCUT2D eigenvalue weighted by Gasteiger charge is -2.32. The van der Waals surface area contributed by atoms with Crippen LogP contribution in [-0.4, -0.2) is 28.9 Å². The monoisotopic (exact) mass is 304 g/mol. The van der Waals surface area contributed by atoms with E-state index in [4.69, 9.17) is 18.0 Å². The van der Waals surface area contributed by atoms with Gasteiger partial charge in [0.15, 0.2) is 0 Å². The first-order valence-corrected chi connectivity index (χ1v) is 8.88. The molecule has 112 valence electrons. The Hall–Kier alpha value is -0.290. The number of rotatable bonds is 10. The summed E-state index contributed by atoms with van der Waals surface area (Å²) in [5, 5.41) is 3.13. The van der Waals surface area contributed by atoms with Crippen molar-refractivity contribution < 1.29 is 4.79 Å². The molecule has 0 fully saturated rings. The van der Waals surface area contributed by atoms with Crippen molar-refractivity contribution >= 4 is 34.9 Å². The number of carbonyl (C=O) groups excluding carboxylic acids is 1. The summed E-state index contributed by atoms with van der Waals surface area (Å²) in [5.41, 5.74) is 5.24. The van der Waals surface area contributed by atoms with E-state index in [0.717, 1.165) is 37.9 Å². The predicted octanol–water partition coefficient (Wildman–Crippen LogP) is 3.12. The second-order valence-electron chi connectivity index (χ2n) is 4.98. The molecule has 0 aromatic carbocycles. The maximum absolute atomic E-state index is 12.6. The number of carbonyl (C=O) groups is 1. The van der Waals surface area contributed by atoms with E-state index in [1.54, 1.807) is 11.8 Å². The molecule has 19 heavy (non-hydrogen) atoms. The van der Waals surface area contributed by atoms with Gasteiger partial charge in [0.2, 0.25) is 5.91 Å². The van der Waals surface area contributed by atoms with Crippen molar-refractivity contribution in [1.82, 2.24) is 5.32 Å². The van der Waals surface area contributed by atoms with Gasteiger partial charge < -0.3 is 11.1 Å². The minimum Gasteiger partial charge on any atom is -0.392 e. The molecule has 0 radical (unpaired) electrons. The fourth-order valence-corrected chi connectivity index (χ4v) is 3.37. The summed E-state index contributed by atoms with van der Waals surface area (Å²) in [6, 6.07) is 0.199. The highest BCUT2D eigenvalue weighted by atomic mass is 32.2. The summed E-state index contributed by atoms with van der Waals surface area (Å²) in [5.74, 6) is 0.943. The number of amides is 1. The van der Waals surface area contributed by atoms with Crippen molar-refractivity contribution in [2.75, 3.05) is 12.0 Å². The highest BCUT2D eigenvalue weighted by Crippen LogP contribution is 2.31. The topological polar surface area (TPSA) is 55.1 Å². The van der Waals surface area contributed by atoms with Crippen LogP contribution in [-0.2, 0) is 4.79 Å². The minimum atomic E-state index is -0.662. The van der Waals surface area contributed by atoms with Crippen molar-refractivity contribution in [3.63, 3.8) is 0 Å². The Kier molecular flexibility index (Phi) is 9.44. The minimum absolute atomic E-state index is 0.0181. The van der Waals surface area contributed by atoms with Gasteiger partial charge in [-0.3, -0.25) is 4.79 Å². The van der Waals surface area contributed by atoms with E-state index in [2.05, 4.69) is 26.1 Å². The van der Waals surface area contributed by atoms with Gasteiger partial charge in [-0.15, -0.1) is 0 Å². The molecule has 3 N–H and O–H groups in total. The zero-order chi connectivity index (χ0) is 14.9. The average molecular weight is 305 g/mol. The first kappa shape index (κ1) is 18.7. The first-order valence-electron chi connectivity index (χ1n) is 7.08. The Morgan fingerprint density at radius 3 is 2.16 bits per heavy atom. The van der Waals surface area contributed by atoms with Crippen molar-refractivity contribution in [2.24, 2.45) is 11.1 Å². The van der Waals surface area contributed by atoms with Gasteiger partial charge in [0.1, 0.15) is 0 Å². The number of thioether (sulfide) groups is 1. The smallest absolute Gasteiger partial charge is 0.233 e. The number of thiocarbonyl (C=S) groups is 1. The molecule has 0 spiro atoms. The largest absolute Gasteiger partial charge is 0.392 e. The molecule has 0 heterocycles. The van der Waals surface area contributed by atoms with Gasteiger partial charge in [0, 0.05) is 11.8 Å². The van der Waals surface area contributed by atoms with Crippen LogP contribution in [0.2, 0.25) is 0 Å². The molecular weight excluding hydrogens is 276 g/mol. The number of hydrogen-bond acceptors (Lipinski definition) is 3. The molecule has 0 aromatic rings. The lowest BCUT2D eigenvalue weighted by atomic mass is 9.78. The van der Waals surface area contributed by atoms with E-state index >= 15 is 0 Å². The van der Waals surface area contributed by atoms with Gasteiger partial charge in [-0.05, 0) is 25.5 Å². The van der Waals surface area contributed by atoms with Gasteiger partial charge in [0.05, 0.1) is 10.4 Å². The first-order chi connectivity index (χ1) is 8.98. The highest BCUT2D eigenvalue weighted by molar-refractivity contribution is 7.98. The zero-order valence-corrected chi connectivity index (χ0v) is 14.3. The Morgan fingerprint density at radius 2 is 1.84 bits per heavy atom. The number of nitrogens with two attached hydrogens (primary N) is 1. The van der Waals surface area contributed by atoms with E-state index in [0.29, 0.717) is 4.99 Å². The normalized spacial score (nSPS) is 13.1. The summed E-state index contributed by atoms with van der Waals surface area (Å²) < 4.78 is 0. The van der Waals surface area contributed by atoms with Gasteiger partial charge in [-0.25, -0.2) is 0 Å². The van der Waals surface area contributed by atoms with Crippen molar-refractivity contribution in [1.29, 1.82) is 0 Å². The van der Waals surface area contributed by atoms with Gasteiger partial charge in [-0.2, -0.15) is 11.8 Å². The van der Waals surface area contributed by atoms with Crippen molar-refractivity contribution in [2.45, 2.75) is 58.9 Å². The van der Waals surface area contributed by atoms with Crippen LogP contribution in [0, 0.1) is 5.41 Å². The van der Waals surface area contributed by atoms with Crippen LogP contribution in [0.5, 0.6) is 0 Å². The van der Waals surface area contributed by atoms with Crippen molar-refractivity contribution in [3.8, 4) is 0 Å². The molecule has 0 rings (SSSR count). The second kappa shape index (κ2) is 9.59. The molecule has 1 atom stereocenters. The van der Waals surface area contributed by atoms with Gasteiger partial charge in [0.25, 0.3) is 0 Å². The molecule has 1 unspecified atom stereocenters. The molecule has 0 aliphatic rings. The lowest BCUT2D eigenvalue weighted by Crippen LogP contribution is -2.52. The van der Waals surface area contributed by atoms with Crippen LogP contribution in [0.3, 0.4) is 0 Å². The van der Waals surface area contributed by atoms with Crippen LogP contribution < -0.4 is 11.1 Å². The lowest BCUT2D eigenvalue weighted by molar-refractivity contribution is -0.128. The molecule has 5 heteroatoms. The maximum Gasteiger partial charge on any atom is 0.233 e. The van der Waals surface area contributed by atoms with E-state index in [-0.39, 0.29) is 11.9 Å². The second-order valence-corrected chi connectivity index (χ2v) is 6.33. The maximum atomic E-state index is 12.6. The number of nitrogens with one attached hydrogen (secondary N) is 1. The molecule has 1 amide bonds. The zero-order valence-electron chi connectivity index (χ0n) is 12.6. The highest BCUT2D eigenvalue weighted by Gasteiger charge is 2.40. The third-order valence-electron chi connectivity index (χ3n) is 3.46. The van der Waals surface area contributed by atoms with Crippen molar-refractivity contribution in [3.05, 3.63) is 0 Å². The number of hydrogen-bond donors (Lipinski definition) is 2. The van der Waals surface area contributed by atoms with E-state index in [1.165, 1.54) is 0 Å². The van der Waals surface area contributed by atoms with Crippen LogP contribution in [0.25, 0.3) is 0 Å². The molecule has 0 aromatic heterocycles. The average Bonchev–Trinajstić information content (AvgIpc) is 2.37. The summed E-state index contributed by atoms with van der Waals surface area (Å²) >= 11 is 6.94. The van der Waals surface area contributed by atoms with Crippen LogP contribution in [0.1, 0.15) is 52.9 Å². The molecule has 0 bridgehead atoms.